The minimum absolute atomic E-state index is 0.0534. The highest BCUT2D eigenvalue weighted by Gasteiger charge is 2.30. The van der Waals surface area contributed by atoms with Crippen molar-refractivity contribution in [3.8, 4) is 0 Å². The van der Waals surface area contributed by atoms with Crippen molar-refractivity contribution in [1.82, 2.24) is 29.0 Å². The quantitative estimate of drug-likeness (QED) is 0.704. The van der Waals surface area contributed by atoms with E-state index in [4.69, 9.17) is 0 Å². The van der Waals surface area contributed by atoms with Crippen LogP contribution in [0.25, 0.3) is 10.9 Å². The second-order valence-corrected chi connectivity index (χ2v) is 7.19. The molecule has 134 valence electrons. The molecule has 5 rings (SSSR count). The molecule has 3 aromatic rings. The molecule has 1 aliphatic heterocycles. The topological polar surface area (TPSA) is 78.0 Å². The molecule has 1 aliphatic carbocycles. The maximum atomic E-state index is 13.0. The van der Waals surface area contributed by atoms with E-state index in [1.165, 1.54) is 12.8 Å². The summed E-state index contributed by atoms with van der Waals surface area (Å²) in [7, 11) is 1.84. The van der Waals surface area contributed by atoms with Crippen molar-refractivity contribution in [3.63, 3.8) is 0 Å². The van der Waals surface area contributed by atoms with Crippen molar-refractivity contribution >= 4 is 16.8 Å². The number of para-hydroxylation sites is 1. The van der Waals surface area contributed by atoms with Crippen molar-refractivity contribution in [2.24, 2.45) is 13.0 Å². The molecule has 2 aliphatic rings. The van der Waals surface area contributed by atoms with Gasteiger partial charge in [-0.1, -0.05) is 18.2 Å². The second kappa shape index (κ2) is 5.55. The van der Waals surface area contributed by atoms with Gasteiger partial charge in [-0.3, -0.25) is 14.0 Å². The first-order valence-electron chi connectivity index (χ1n) is 8.99. The number of carbonyl (C=O) groups is 1. The zero-order valence-corrected chi connectivity index (χ0v) is 14.6. The fourth-order valence-corrected chi connectivity index (χ4v) is 3.66. The third kappa shape index (κ3) is 2.36. The van der Waals surface area contributed by atoms with E-state index in [0.717, 1.165) is 10.9 Å². The Hall–Kier alpha value is -2.90. The van der Waals surface area contributed by atoms with Gasteiger partial charge in [-0.2, -0.15) is 10.2 Å². The Morgan fingerprint density at radius 2 is 2.00 bits per heavy atom. The van der Waals surface area contributed by atoms with Gasteiger partial charge in [0, 0.05) is 32.1 Å². The summed E-state index contributed by atoms with van der Waals surface area (Å²) in [5, 5.41) is 9.74. The smallest absolute Gasteiger partial charge is 0.328 e. The lowest BCUT2D eigenvalue weighted by molar-refractivity contribution is 0.0701. The number of carbonyl (C=O) groups excluding carboxylic acids is 1. The van der Waals surface area contributed by atoms with Crippen LogP contribution in [0.15, 0.2) is 29.1 Å². The number of aromatic nitrogens is 5. The zero-order chi connectivity index (χ0) is 17.8. The van der Waals surface area contributed by atoms with Gasteiger partial charge in [-0.15, -0.1) is 0 Å². The molecule has 1 aromatic carbocycles. The first-order valence-corrected chi connectivity index (χ1v) is 8.99. The van der Waals surface area contributed by atoms with Gasteiger partial charge < -0.3 is 4.90 Å². The van der Waals surface area contributed by atoms with Gasteiger partial charge in [0.1, 0.15) is 0 Å². The molecule has 0 atom stereocenters. The maximum absolute atomic E-state index is 13.0. The molecule has 8 nitrogen and oxygen atoms in total. The normalized spacial score (nSPS) is 16.9. The van der Waals surface area contributed by atoms with E-state index in [1.807, 2.05) is 31.3 Å². The lowest BCUT2D eigenvalue weighted by atomic mass is 10.2. The van der Waals surface area contributed by atoms with Crippen molar-refractivity contribution in [1.29, 1.82) is 0 Å². The number of hydrogen-bond acceptors (Lipinski definition) is 4. The monoisotopic (exact) mass is 352 g/mol. The molecular formula is C18H20N6O2. The molecule has 0 unspecified atom stereocenters. The van der Waals surface area contributed by atoms with E-state index in [0.29, 0.717) is 43.6 Å². The molecule has 1 fully saturated rings. The summed E-state index contributed by atoms with van der Waals surface area (Å²) in [5.41, 5.74) is 1.33. The second-order valence-electron chi connectivity index (χ2n) is 7.19. The van der Waals surface area contributed by atoms with Crippen LogP contribution in [0.4, 0.5) is 0 Å². The first kappa shape index (κ1) is 15.4. The van der Waals surface area contributed by atoms with Gasteiger partial charge in [0.25, 0.3) is 5.91 Å². The molecule has 2 aromatic heterocycles. The Morgan fingerprint density at radius 3 is 2.81 bits per heavy atom. The summed E-state index contributed by atoms with van der Waals surface area (Å²) in [6.45, 7) is 2.01. The minimum Gasteiger partial charge on any atom is -0.328 e. The molecule has 3 heterocycles. The summed E-state index contributed by atoms with van der Waals surface area (Å²) in [4.78, 5) is 27.2. The molecule has 1 amide bonds. The predicted molar refractivity (Wildman–Crippen MR) is 94.7 cm³/mol. The Bertz CT molecular complexity index is 1070. The minimum atomic E-state index is -0.114. The van der Waals surface area contributed by atoms with E-state index in [-0.39, 0.29) is 11.6 Å². The third-order valence-corrected chi connectivity index (χ3v) is 5.30. The molecular weight excluding hydrogens is 332 g/mol. The molecule has 0 spiro atoms. The maximum Gasteiger partial charge on any atom is 0.346 e. The van der Waals surface area contributed by atoms with Crippen LogP contribution in [0.5, 0.6) is 0 Å². The number of fused-ring (bicyclic) bond motifs is 2. The summed E-state index contributed by atoms with van der Waals surface area (Å²) < 4.78 is 4.99. The third-order valence-electron chi connectivity index (χ3n) is 5.30. The number of rotatable bonds is 3. The summed E-state index contributed by atoms with van der Waals surface area (Å²) >= 11 is 0. The first-order chi connectivity index (χ1) is 12.6. The Labute approximate surface area is 149 Å². The largest absolute Gasteiger partial charge is 0.346 e. The van der Waals surface area contributed by atoms with Crippen LogP contribution >= 0.6 is 0 Å². The fraction of sp³-hybridized carbons (Fsp3) is 0.444. The molecule has 26 heavy (non-hydrogen) atoms. The number of aryl methyl sites for hydroxylation is 1. The van der Waals surface area contributed by atoms with Gasteiger partial charge in [-0.25, -0.2) is 9.48 Å². The Balaban J connectivity index is 1.45. The van der Waals surface area contributed by atoms with Crippen LogP contribution in [0.2, 0.25) is 0 Å². The number of hydrogen-bond donors (Lipinski definition) is 0. The van der Waals surface area contributed by atoms with Gasteiger partial charge in [0.15, 0.2) is 11.5 Å². The van der Waals surface area contributed by atoms with Gasteiger partial charge in [0.2, 0.25) is 0 Å². The highest BCUT2D eigenvalue weighted by Crippen LogP contribution is 2.30. The Morgan fingerprint density at radius 1 is 1.19 bits per heavy atom. The van der Waals surface area contributed by atoms with Crippen LogP contribution in [-0.4, -0.2) is 41.5 Å². The highest BCUT2D eigenvalue weighted by molar-refractivity contribution is 6.04. The van der Waals surface area contributed by atoms with Crippen LogP contribution in [-0.2, 0) is 26.7 Å². The number of benzene rings is 1. The van der Waals surface area contributed by atoms with E-state index < -0.39 is 0 Å². The lowest BCUT2D eigenvalue weighted by Gasteiger charge is -2.26. The average Bonchev–Trinajstić information content (AvgIpc) is 3.34. The molecule has 0 radical (unpaired) electrons. The van der Waals surface area contributed by atoms with Gasteiger partial charge in [-0.05, 0) is 24.8 Å². The van der Waals surface area contributed by atoms with E-state index in [9.17, 15) is 9.59 Å². The van der Waals surface area contributed by atoms with Crippen molar-refractivity contribution in [2.45, 2.75) is 32.5 Å². The van der Waals surface area contributed by atoms with Crippen LogP contribution in [0.1, 0.15) is 29.2 Å². The molecule has 0 N–H and O–H groups in total. The van der Waals surface area contributed by atoms with E-state index in [1.54, 1.807) is 18.8 Å². The predicted octanol–water partition coefficient (Wildman–Crippen LogP) is 0.997. The average molecular weight is 352 g/mol. The van der Waals surface area contributed by atoms with Crippen molar-refractivity contribution < 1.29 is 4.79 Å². The molecule has 8 heteroatoms. The SMILES string of the molecule is Cn1nc(C(=O)N2CCn3c(nn(CC4CC4)c3=O)C2)c2ccccc21. The molecule has 1 saturated carbocycles. The van der Waals surface area contributed by atoms with E-state index >= 15 is 0 Å². The van der Waals surface area contributed by atoms with Crippen molar-refractivity contribution in [2.75, 3.05) is 6.54 Å². The summed E-state index contributed by atoms with van der Waals surface area (Å²) in [6.07, 6.45) is 2.35. The Kier molecular flexibility index (Phi) is 3.28. The van der Waals surface area contributed by atoms with Crippen LogP contribution in [0, 0.1) is 5.92 Å². The van der Waals surface area contributed by atoms with Crippen LogP contribution in [0.3, 0.4) is 0 Å². The number of amides is 1. The highest BCUT2D eigenvalue weighted by atomic mass is 16.2. The summed E-state index contributed by atoms with van der Waals surface area (Å²) in [6, 6.07) is 7.71. The van der Waals surface area contributed by atoms with E-state index in [2.05, 4.69) is 10.2 Å². The zero-order valence-electron chi connectivity index (χ0n) is 14.6. The van der Waals surface area contributed by atoms with Crippen molar-refractivity contribution in [3.05, 3.63) is 46.3 Å². The number of nitrogens with zero attached hydrogens (tertiary/aromatic N) is 6. The standard InChI is InChI=1S/C18H20N6O2/c1-21-14-5-3-2-4-13(14)16(20-21)17(25)22-8-9-23-15(11-22)19-24(18(23)26)10-12-6-7-12/h2-5,12H,6-11H2,1H3. The lowest BCUT2D eigenvalue weighted by Crippen LogP contribution is -2.41. The fourth-order valence-electron chi connectivity index (χ4n) is 3.66. The van der Waals surface area contributed by atoms with Gasteiger partial charge >= 0.3 is 5.69 Å². The van der Waals surface area contributed by atoms with Crippen LogP contribution < -0.4 is 5.69 Å². The molecule has 0 bridgehead atoms. The molecule has 0 saturated heterocycles. The van der Waals surface area contributed by atoms with Gasteiger partial charge in [0.05, 0.1) is 12.1 Å². The summed E-state index contributed by atoms with van der Waals surface area (Å²) in [5.74, 6) is 1.13.